The fourth-order valence-corrected chi connectivity index (χ4v) is 3.15. The molecule has 3 rings (SSSR count). The van der Waals surface area contributed by atoms with Crippen molar-refractivity contribution in [2.24, 2.45) is 5.92 Å². The van der Waals surface area contributed by atoms with Gasteiger partial charge in [-0.15, -0.1) is 11.3 Å². The van der Waals surface area contributed by atoms with Crippen LogP contribution in [-0.4, -0.2) is 22.5 Å². The number of aromatic nitrogens is 2. The number of nitrogens with one attached hydrogen (secondary N) is 1. The maximum Gasteiger partial charge on any atom is 0.193 e. The molecule has 3 nitrogen and oxygen atoms in total. The minimum atomic E-state index is 0.770. The Kier molecular flexibility index (Phi) is 2.93. The van der Waals surface area contributed by atoms with Gasteiger partial charge >= 0.3 is 0 Å². The van der Waals surface area contributed by atoms with E-state index in [0.717, 1.165) is 23.8 Å². The maximum absolute atomic E-state index is 4.65. The first kappa shape index (κ1) is 10.3. The molecule has 0 aliphatic carbocycles. The van der Waals surface area contributed by atoms with E-state index in [1.807, 2.05) is 0 Å². The molecule has 1 unspecified atom stereocenters. The molecule has 2 aromatic rings. The summed E-state index contributed by atoms with van der Waals surface area (Å²) >= 11 is 1.71. The summed E-state index contributed by atoms with van der Waals surface area (Å²) in [6.07, 6.45) is 9.42. The summed E-state index contributed by atoms with van der Waals surface area (Å²) in [7, 11) is 0. The number of hydrogen-bond acceptors (Lipinski definition) is 3. The Morgan fingerprint density at radius 2 is 2.50 bits per heavy atom. The molecule has 0 radical (unpaired) electrons. The molecule has 0 saturated carbocycles. The Bertz CT molecular complexity index is 423. The second-order valence-electron chi connectivity index (χ2n) is 4.60. The Morgan fingerprint density at radius 3 is 3.44 bits per heavy atom. The molecule has 2 aromatic heterocycles. The molecule has 0 amide bonds. The van der Waals surface area contributed by atoms with Crippen LogP contribution < -0.4 is 5.32 Å². The first-order chi connectivity index (χ1) is 7.92. The van der Waals surface area contributed by atoms with Gasteiger partial charge in [0, 0.05) is 17.8 Å². The lowest BCUT2D eigenvalue weighted by Gasteiger charge is -2.11. The van der Waals surface area contributed by atoms with Crippen LogP contribution in [-0.2, 0) is 6.42 Å². The SMILES string of the molecule is c1cn2cc(CC3CCCCNC3)nc2s1. The van der Waals surface area contributed by atoms with Gasteiger partial charge in [-0.2, -0.15) is 0 Å². The van der Waals surface area contributed by atoms with E-state index < -0.39 is 0 Å². The summed E-state index contributed by atoms with van der Waals surface area (Å²) in [4.78, 5) is 5.77. The topological polar surface area (TPSA) is 29.3 Å². The zero-order chi connectivity index (χ0) is 10.8. The molecule has 1 N–H and O–H groups in total. The molecular weight excluding hydrogens is 218 g/mol. The summed E-state index contributed by atoms with van der Waals surface area (Å²) in [6.45, 7) is 2.35. The lowest BCUT2D eigenvalue weighted by Crippen LogP contribution is -2.22. The Balaban J connectivity index is 1.71. The second-order valence-corrected chi connectivity index (χ2v) is 5.47. The Hall–Kier alpha value is -0.870. The molecule has 1 fully saturated rings. The Morgan fingerprint density at radius 1 is 1.50 bits per heavy atom. The number of imidazole rings is 1. The molecular formula is C12H17N3S. The van der Waals surface area contributed by atoms with Gasteiger partial charge < -0.3 is 5.32 Å². The van der Waals surface area contributed by atoms with Crippen LogP contribution in [0.25, 0.3) is 4.96 Å². The van der Waals surface area contributed by atoms with Gasteiger partial charge in [-0.1, -0.05) is 6.42 Å². The molecule has 16 heavy (non-hydrogen) atoms. The minimum absolute atomic E-state index is 0.770. The van der Waals surface area contributed by atoms with Gasteiger partial charge in [-0.25, -0.2) is 4.98 Å². The maximum atomic E-state index is 4.65. The summed E-state index contributed by atoms with van der Waals surface area (Å²) in [5, 5.41) is 5.60. The highest BCUT2D eigenvalue weighted by molar-refractivity contribution is 7.15. The van der Waals surface area contributed by atoms with Crippen LogP contribution >= 0.6 is 11.3 Å². The Labute approximate surface area is 99.5 Å². The zero-order valence-corrected chi connectivity index (χ0v) is 10.2. The molecule has 0 bridgehead atoms. The quantitative estimate of drug-likeness (QED) is 0.865. The third-order valence-electron chi connectivity index (χ3n) is 3.29. The van der Waals surface area contributed by atoms with Crippen molar-refractivity contribution in [3.05, 3.63) is 23.5 Å². The van der Waals surface area contributed by atoms with Gasteiger partial charge in [0.2, 0.25) is 0 Å². The average Bonchev–Trinajstić information content (AvgIpc) is 2.72. The van der Waals surface area contributed by atoms with Gasteiger partial charge in [0.15, 0.2) is 4.96 Å². The van der Waals surface area contributed by atoms with E-state index >= 15 is 0 Å². The highest BCUT2D eigenvalue weighted by Crippen LogP contribution is 2.18. The van der Waals surface area contributed by atoms with Crippen LogP contribution in [0.3, 0.4) is 0 Å². The molecule has 1 atom stereocenters. The van der Waals surface area contributed by atoms with Crippen molar-refractivity contribution < 1.29 is 0 Å². The predicted molar refractivity (Wildman–Crippen MR) is 67.0 cm³/mol. The largest absolute Gasteiger partial charge is 0.316 e. The summed E-state index contributed by atoms with van der Waals surface area (Å²) in [5.41, 5.74) is 1.25. The summed E-state index contributed by atoms with van der Waals surface area (Å²) < 4.78 is 2.13. The van der Waals surface area contributed by atoms with E-state index in [1.165, 1.54) is 31.5 Å². The predicted octanol–water partition coefficient (Wildman–Crippen LogP) is 2.33. The number of fused-ring (bicyclic) bond motifs is 1. The standard InChI is InChI=1S/C12H17N3S/c1-2-4-13-8-10(3-1)7-11-9-15-5-6-16-12(15)14-11/h5-6,9-10,13H,1-4,7-8H2. The van der Waals surface area contributed by atoms with E-state index in [0.29, 0.717) is 0 Å². The third-order valence-corrected chi connectivity index (χ3v) is 4.06. The van der Waals surface area contributed by atoms with Gasteiger partial charge in [0.05, 0.1) is 5.69 Å². The molecule has 1 aliphatic rings. The van der Waals surface area contributed by atoms with Gasteiger partial charge in [-0.05, 0) is 38.3 Å². The highest BCUT2D eigenvalue weighted by atomic mass is 32.1. The third kappa shape index (κ3) is 2.13. The van der Waals surface area contributed by atoms with E-state index in [-0.39, 0.29) is 0 Å². The van der Waals surface area contributed by atoms with Crippen LogP contribution in [0.5, 0.6) is 0 Å². The van der Waals surface area contributed by atoms with Gasteiger partial charge in [-0.3, -0.25) is 4.40 Å². The van der Waals surface area contributed by atoms with E-state index in [1.54, 1.807) is 11.3 Å². The number of hydrogen-bond donors (Lipinski definition) is 1. The highest BCUT2D eigenvalue weighted by Gasteiger charge is 2.14. The zero-order valence-electron chi connectivity index (χ0n) is 9.35. The normalized spacial score (nSPS) is 22.4. The molecule has 1 aliphatic heterocycles. The summed E-state index contributed by atoms with van der Waals surface area (Å²) in [5.74, 6) is 0.770. The number of rotatable bonds is 2. The van der Waals surface area contributed by atoms with E-state index in [9.17, 15) is 0 Å². The summed E-state index contributed by atoms with van der Waals surface area (Å²) in [6, 6.07) is 0. The van der Waals surface area contributed by atoms with Crippen LogP contribution in [0.15, 0.2) is 17.8 Å². The first-order valence-electron chi connectivity index (χ1n) is 6.03. The fourth-order valence-electron chi connectivity index (χ4n) is 2.44. The molecule has 86 valence electrons. The van der Waals surface area contributed by atoms with Crippen molar-refractivity contribution >= 4 is 16.3 Å². The van der Waals surface area contributed by atoms with Crippen LogP contribution in [0.4, 0.5) is 0 Å². The molecule has 1 saturated heterocycles. The van der Waals surface area contributed by atoms with Crippen LogP contribution in [0, 0.1) is 5.92 Å². The van der Waals surface area contributed by atoms with Crippen molar-refractivity contribution in [1.82, 2.24) is 14.7 Å². The number of thiazole rings is 1. The molecule has 4 heteroatoms. The van der Waals surface area contributed by atoms with Crippen molar-refractivity contribution in [2.75, 3.05) is 13.1 Å². The van der Waals surface area contributed by atoms with Crippen LogP contribution in [0.2, 0.25) is 0 Å². The lowest BCUT2D eigenvalue weighted by atomic mass is 9.98. The average molecular weight is 235 g/mol. The van der Waals surface area contributed by atoms with Gasteiger partial charge in [0.25, 0.3) is 0 Å². The first-order valence-corrected chi connectivity index (χ1v) is 6.91. The molecule has 0 spiro atoms. The fraction of sp³-hybridized carbons (Fsp3) is 0.583. The molecule has 3 heterocycles. The smallest absolute Gasteiger partial charge is 0.193 e. The lowest BCUT2D eigenvalue weighted by molar-refractivity contribution is 0.473. The van der Waals surface area contributed by atoms with Crippen molar-refractivity contribution in [3.63, 3.8) is 0 Å². The van der Waals surface area contributed by atoms with E-state index in [4.69, 9.17) is 0 Å². The second kappa shape index (κ2) is 4.55. The monoisotopic (exact) mass is 235 g/mol. The van der Waals surface area contributed by atoms with Gasteiger partial charge in [0.1, 0.15) is 0 Å². The van der Waals surface area contributed by atoms with Crippen molar-refractivity contribution in [1.29, 1.82) is 0 Å². The minimum Gasteiger partial charge on any atom is -0.316 e. The van der Waals surface area contributed by atoms with Crippen molar-refractivity contribution in [2.45, 2.75) is 25.7 Å². The van der Waals surface area contributed by atoms with E-state index in [2.05, 4.69) is 32.5 Å². The number of nitrogens with zero attached hydrogens (tertiary/aromatic N) is 2. The van der Waals surface area contributed by atoms with Crippen LogP contribution in [0.1, 0.15) is 25.0 Å². The van der Waals surface area contributed by atoms with Crippen molar-refractivity contribution in [3.8, 4) is 0 Å². The molecule has 0 aromatic carbocycles.